The summed E-state index contributed by atoms with van der Waals surface area (Å²) in [6.45, 7) is 8.05. The zero-order valence-electron chi connectivity index (χ0n) is 17.2. The predicted octanol–water partition coefficient (Wildman–Crippen LogP) is 2.62. The van der Waals surface area contributed by atoms with Crippen molar-refractivity contribution in [1.82, 2.24) is 24.4 Å². The number of hydrogen-bond donors (Lipinski definition) is 0. The molecule has 1 fully saturated rings. The van der Waals surface area contributed by atoms with Crippen LogP contribution >= 0.6 is 0 Å². The average Bonchev–Trinajstić information content (AvgIpc) is 3.39. The Bertz CT molecular complexity index is 1070. The Balaban J connectivity index is 1.60. The highest BCUT2D eigenvalue weighted by Crippen LogP contribution is 2.33. The molecule has 1 aliphatic rings. The van der Waals surface area contributed by atoms with E-state index in [0.29, 0.717) is 18.8 Å². The largest absolute Gasteiger partial charge is 0.361 e. The maximum absolute atomic E-state index is 13.2. The van der Waals surface area contributed by atoms with Gasteiger partial charge in [-0.25, -0.2) is 9.69 Å². The number of aryl methyl sites for hydroxylation is 3. The lowest BCUT2D eigenvalue weighted by Gasteiger charge is -2.27. The molecule has 0 unspecified atom stereocenters. The molecule has 152 valence electrons. The third-order valence-electron chi connectivity index (χ3n) is 5.57. The molecule has 0 aromatic carbocycles. The lowest BCUT2D eigenvalue weighted by atomic mass is 10.0. The first-order valence-electron chi connectivity index (χ1n) is 9.40. The Hall–Kier alpha value is -3.36. The zero-order valence-corrected chi connectivity index (χ0v) is 17.2. The monoisotopic (exact) mass is 396 g/mol. The molecule has 0 atom stereocenters. The van der Waals surface area contributed by atoms with Crippen LogP contribution in [0.4, 0.5) is 10.5 Å². The van der Waals surface area contributed by atoms with Crippen molar-refractivity contribution in [2.45, 2.75) is 46.3 Å². The first-order valence-corrected chi connectivity index (χ1v) is 9.40. The fourth-order valence-corrected chi connectivity index (χ4v) is 3.60. The molecule has 0 saturated carbocycles. The number of aromatic nitrogens is 4. The molecule has 9 heteroatoms. The van der Waals surface area contributed by atoms with Gasteiger partial charge in [0.2, 0.25) is 0 Å². The second-order valence-corrected chi connectivity index (χ2v) is 7.88. The Kier molecular flexibility index (Phi) is 4.33. The van der Waals surface area contributed by atoms with Crippen LogP contribution < -0.4 is 4.90 Å². The van der Waals surface area contributed by atoms with Crippen LogP contribution in [0.25, 0.3) is 0 Å². The Morgan fingerprint density at radius 1 is 1.17 bits per heavy atom. The third kappa shape index (κ3) is 3.02. The third-order valence-corrected chi connectivity index (χ3v) is 5.57. The van der Waals surface area contributed by atoms with Gasteiger partial charge in [0, 0.05) is 30.7 Å². The van der Waals surface area contributed by atoms with Crippen LogP contribution in [0.5, 0.6) is 0 Å². The summed E-state index contributed by atoms with van der Waals surface area (Å²) in [6.07, 6.45) is 5.15. The van der Waals surface area contributed by atoms with Crippen LogP contribution in [0.1, 0.15) is 36.6 Å². The SMILES string of the molecule is Cc1noc(C)c1Cn1cc(N2C(=O)N(Cc3cccn3C)C(C)(C)C2=O)cn1. The average molecular weight is 396 g/mol. The number of nitrogens with zero attached hydrogens (tertiary/aromatic N) is 6. The van der Waals surface area contributed by atoms with Gasteiger partial charge in [-0.2, -0.15) is 5.10 Å². The molecular formula is C20H24N6O3. The van der Waals surface area contributed by atoms with Crippen LogP contribution in [-0.4, -0.2) is 41.9 Å². The summed E-state index contributed by atoms with van der Waals surface area (Å²) >= 11 is 0. The van der Waals surface area contributed by atoms with Crippen molar-refractivity contribution in [3.63, 3.8) is 0 Å². The number of imide groups is 1. The summed E-state index contributed by atoms with van der Waals surface area (Å²) in [6, 6.07) is 3.51. The van der Waals surface area contributed by atoms with Crippen molar-refractivity contribution in [1.29, 1.82) is 0 Å². The van der Waals surface area contributed by atoms with Crippen LogP contribution in [0.2, 0.25) is 0 Å². The number of anilines is 1. The molecule has 3 aromatic rings. The number of hydrogen-bond acceptors (Lipinski definition) is 5. The van der Waals surface area contributed by atoms with Gasteiger partial charge in [0.25, 0.3) is 5.91 Å². The van der Waals surface area contributed by atoms with E-state index in [2.05, 4.69) is 10.3 Å². The van der Waals surface area contributed by atoms with E-state index in [1.54, 1.807) is 29.6 Å². The van der Waals surface area contributed by atoms with Crippen molar-refractivity contribution in [2.75, 3.05) is 4.90 Å². The summed E-state index contributed by atoms with van der Waals surface area (Å²) in [4.78, 5) is 29.1. The lowest BCUT2D eigenvalue weighted by Crippen LogP contribution is -2.44. The van der Waals surface area contributed by atoms with Crippen molar-refractivity contribution in [3.05, 3.63) is 53.4 Å². The highest BCUT2D eigenvalue weighted by molar-refractivity contribution is 6.22. The number of amides is 3. The minimum atomic E-state index is -0.953. The van der Waals surface area contributed by atoms with E-state index < -0.39 is 5.54 Å². The van der Waals surface area contributed by atoms with Gasteiger partial charge in [0.1, 0.15) is 11.3 Å². The van der Waals surface area contributed by atoms with E-state index in [1.807, 2.05) is 43.8 Å². The summed E-state index contributed by atoms with van der Waals surface area (Å²) in [7, 11) is 1.92. The van der Waals surface area contributed by atoms with Crippen molar-refractivity contribution >= 4 is 17.6 Å². The topological polar surface area (TPSA) is 89.4 Å². The number of urea groups is 1. The lowest BCUT2D eigenvalue weighted by molar-refractivity contribution is -0.123. The highest BCUT2D eigenvalue weighted by atomic mass is 16.5. The Labute approximate surface area is 168 Å². The van der Waals surface area contributed by atoms with Gasteiger partial charge in [-0.3, -0.25) is 9.48 Å². The molecule has 0 bridgehead atoms. The maximum atomic E-state index is 13.2. The van der Waals surface area contributed by atoms with E-state index in [9.17, 15) is 9.59 Å². The minimum Gasteiger partial charge on any atom is -0.361 e. The first-order chi connectivity index (χ1) is 13.7. The van der Waals surface area contributed by atoms with E-state index in [-0.39, 0.29) is 11.9 Å². The van der Waals surface area contributed by atoms with Crippen LogP contribution in [0.3, 0.4) is 0 Å². The molecule has 0 radical (unpaired) electrons. The van der Waals surface area contributed by atoms with E-state index in [4.69, 9.17) is 4.52 Å². The van der Waals surface area contributed by atoms with Gasteiger partial charge in [-0.05, 0) is 39.8 Å². The molecule has 1 saturated heterocycles. The molecule has 0 aliphatic carbocycles. The number of rotatable bonds is 5. The van der Waals surface area contributed by atoms with Crippen molar-refractivity contribution in [3.8, 4) is 0 Å². The highest BCUT2D eigenvalue weighted by Gasteiger charge is 2.52. The van der Waals surface area contributed by atoms with E-state index in [1.165, 1.54) is 11.1 Å². The van der Waals surface area contributed by atoms with Crippen LogP contribution in [0, 0.1) is 13.8 Å². The molecule has 4 rings (SSSR count). The molecule has 3 aromatic heterocycles. The van der Waals surface area contributed by atoms with Crippen LogP contribution in [0.15, 0.2) is 35.2 Å². The smallest absolute Gasteiger partial charge is 0.332 e. The molecule has 9 nitrogen and oxygen atoms in total. The first kappa shape index (κ1) is 19.0. The van der Waals surface area contributed by atoms with Gasteiger partial charge in [-0.15, -0.1) is 0 Å². The van der Waals surface area contributed by atoms with Gasteiger partial charge in [0.05, 0.1) is 30.7 Å². The van der Waals surface area contributed by atoms with Gasteiger partial charge in [-0.1, -0.05) is 5.16 Å². The maximum Gasteiger partial charge on any atom is 0.332 e. The summed E-state index contributed by atoms with van der Waals surface area (Å²) in [5, 5.41) is 8.28. The zero-order chi connectivity index (χ0) is 20.9. The number of carbonyl (C=O) groups excluding carboxylic acids is 2. The second-order valence-electron chi connectivity index (χ2n) is 7.88. The Morgan fingerprint density at radius 3 is 2.55 bits per heavy atom. The van der Waals surface area contributed by atoms with Crippen molar-refractivity contribution < 1.29 is 14.1 Å². The molecule has 0 spiro atoms. The fourth-order valence-electron chi connectivity index (χ4n) is 3.60. The molecule has 0 N–H and O–H groups in total. The minimum absolute atomic E-state index is 0.270. The summed E-state index contributed by atoms with van der Waals surface area (Å²) in [5.74, 6) is 0.455. The van der Waals surface area contributed by atoms with Crippen LogP contribution in [-0.2, 0) is 24.9 Å². The summed E-state index contributed by atoms with van der Waals surface area (Å²) < 4.78 is 8.81. The Morgan fingerprint density at radius 2 is 1.93 bits per heavy atom. The van der Waals surface area contributed by atoms with E-state index in [0.717, 1.165) is 22.7 Å². The van der Waals surface area contributed by atoms with Crippen molar-refractivity contribution in [2.24, 2.45) is 7.05 Å². The second kappa shape index (κ2) is 6.61. The molecular weight excluding hydrogens is 372 g/mol. The molecule has 3 amide bonds. The standard InChI is InChI=1S/C20H24N6O3/c1-13-17(14(2)29-22-13)12-24-10-16(9-21-24)26-18(27)20(3,4)25(19(26)28)11-15-7-6-8-23(15)5/h6-10H,11-12H2,1-5H3. The van der Waals surface area contributed by atoms with Gasteiger partial charge < -0.3 is 14.0 Å². The molecule has 4 heterocycles. The van der Waals surface area contributed by atoms with Gasteiger partial charge >= 0.3 is 6.03 Å². The number of carbonyl (C=O) groups is 2. The molecule has 29 heavy (non-hydrogen) atoms. The predicted molar refractivity (Wildman–Crippen MR) is 105 cm³/mol. The quantitative estimate of drug-likeness (QED) is 0.619. The van der Waals surface area contributed by atoms with E-state index >= 15 is 0 Å². The fraction of sp³-hybridized carbons (Fsp3) is 0.400. The van der Waals surface area contributed by atoms with Gasteiger partial charge in [0.15, 0.2) is 0 Å². The summed E-state index contributed by atoms with van der Waals surface area (Å²) in [5.41, 5.74) is 2.18. The molecule has 1 aliphatic heterocycles. The normalized spacial score (nSPS) is 16.3.